The van der Waals surface area contributed by atoms with Gasteiger partial charge >= 0.3 is 0 Å². The number of rotatable bonds is 5. The fourth-order valence-corrected chi connectivity index (χ4v) is 3.64. The molecule has 0 aliphatic heterocycles. The van der Waals surface area contributed by atoms with Gasteiger partial charge in [0, 0.05) is 13.0 Å². The third kappa shape index (κ3) is 3.08. The van der Waals surface area contributed by atoms with Gasteiger partial charge in [-0.3, -0.25) is 4.79 Å². The zero-order valence-corrected chi connectivity index (χ0v) is 13.1. The molecule has 5 nitrogen and oxygen atoms in total. The molecule has 0 aliphatic rings. The fourth-order valence-electron chi connectivity index (χ4n) is 2.00. The van der Waals surface area contributed by atoms with Crippen molar-refractivity contribution in [2.24, 2.45) is 0 Å². The predicted octanol–water partition coefficient (Wildman–Crippen LogP) is 2.68. The molecule has 3 aromatic rings. The van der Waals surface area contributed by atoms with Gasteiger partial charge in [0.2, 0.25) is 0 Å². The largest absolute Gasteiger partial charge is 0.351 e. The topological polar surface area (TPSA) is 67.8 Å². The molecule has 2 heterocycles. The van der Waals surface area contributed by atoms with E-state index in [2.05, 4.69) is 26.0 Å². The number of benzene rings is 1. The summed E-state index contributed by atoms with van der Waals surface area (Å²) in [5, 5.41) is 7.90. The second-order valence-electron chi connectivity index (χ2n) is 4.48. The molecule has 108 valence electrons. The van der Waals surface area contributed by atoms with Gasteiger partial charge in [-0.05, 0) is 30.1 Å². The molecule has 0 aliphatic carbocycles. The lowest BCUT2D eigenvalue weighted by Gasteiger charge is -2.02. The maximum atomic E-state index is 12.1. The molecule has 3 rings (SSSR count). The van der Waals surface area contributed by atoms with Gasteiger partial charge in [-0.2, -0.15) is 0 Å². The maximum Gasteiger partial charge on any atom is 0.264 e. The van der Waals surface area contributed by atoms with Crippen molar-refractivity contribution in [2.45, 2.75) is 19.8 Å². The number of para-hydroxylation sites is 1. The Morgan fingerprint density at radius 3 is 3.00 bits per heavy atom. The summed E-state index contributed by atoms with van der Waals surface area (Å²) in [6, 6.07) is 8.06. The standard InChI is InChI=1S/C14H14N4OS2/c1-2-9-13(21-18-17-9)14(19)15-8-7-12-16-10-5-3-4-6-11(10)20-12/h3-6H,2,7-8H2,1H3,(H,15,19). The SMILES string of the molecule is CCc1nnsc1C(=O)NCCc1nc2ccccc2s1. The van der Waals surface area contributed by atoms with E-state index in [1.807, 2.05) is 25.1 Å². The Hall–Kier alpha value is -1.86. The molecule has 0 atom stereocenters. The lowest BCUT2D eigenvalue weighted by Crippen LogP contribution is -2.25. The van der Waals surface area contributed by atoms with Crippen LogP contribution < -0.4 is 5.32 Å². The van der Waals surface area contributed by atoms with Crippen LogP contribution >= 0.6 is 22.9 Å². The number of thiazole rings is 1. The first-order valence-corrected chi connectivity index (χ1v) is 8.30. The molecular formula is C14H14N4OS2. The van der Waals surface area contributed by atoms with Gasteiger partial charge in [0.25, 0.3) is 5.91 Å². The van der Waals surface area contributed by atoms with Crippen molar-refractivity contribution in [3.8, 4) is 0 Å². The van der Waals surface area contributed by atoms with E-state index in [0.717, 1.165) is 40.6 Å². The van der Waals surface area contributed by atoms with Crippen LogP contribution in [0.25, 0.3) is 10.2 Å². The number of hydrogen-bond donors (Lipinski definition) is 1. The van der Waals surface area contributed by atoms with Gasteiger partial charge in [-0.1, -0.05) is 23.5 Å². The number of nitrogens with zero attached hydrogens (tertiary/aromatic N) is 3. The van der Waals surface area contributed by atoms with Crippen LogP contribution in [0.1, 0.15) is 27.3 Å². The van der Waals surface area contributed by atoms with E-state index < -0.39 is 0 Å². The van der Waals surface area contributed by atoms with Gasteiger partial charge in [0.05, 0.1) is 20.9 Å². The van der Waals surface area contributed by atoms with E-state index in [1.54, 1.807) is 11.3 Å². The second kappa shape index (κ2) is 6.28. The number of aryl methyl sites for hydroxylation is 1. The van der Waals surface area contributed by atoms with Crippen LogP contribution in [0.15, 0.2) is 24.3 Å². The predicted molar refractivity (Wildman–Crippen MR) is 84.9 cm³/mol. The highest BCUT2D eigenvalue weighted by atomic mass is 32.1. The summed E-state index contributed by atoms with van der Waals surface area (Å²) in [6.45, 7) is 2.54. The first-order chi connectivity index (χ1) is 10.3. The summed E-state index contributed by atoms with van der Waals surface area (Å²) in [5.74, 6) is -0.0945. The van der Waals surface area contributed by atoms with Crippen LogP contribution in [0.3, 0.4) is 0 Å². The average Bonchev–Trinajstić information content (AvgIpc) is 3.12. The fraction of sp³-hybridized carbons (Fsp3) is 0.286. The molecular weight excluding hydrogens is 304 g/mol. The molecule has 0 radical (unpaired) electrons. The molecule has 0 bridgehead atoms. The smallest absolute Gasteiger partial charge is 0.264 e. The summed E-state index contributed by atoms with van der Waals surface area (Å²) in [7, 11) is 0. The molecule has 21 heavy (non-hydrogen) atoms. The van der Waals surface area contributed by atoms with Crippen molar-refractivity contribution in [3.05, 3.63) is 39.8 Å². The summed E-state index contributed by atoms with van der Waals surface area (Å²) in [4.78, 5) is 17.2. The molecule has 1 N–H and O–H groups in total. The number of nitrogens with one attached hydrogen (secondary N) is 1. The van der Waals surface area contributed by atoms with Gasteiger partial charge in [0.15, 0.2) is 0 Å². The first-order valence-electron chi connectivity index (χ1n) is 6.72. The van der Waals surface area contributed by atoms with E-state index in [0.29, 0.717) is 11.4 Å². The molecule has 7 heteroatoms. The highest BCUT2D eigenvalue weighted by molar-refractivity contribution is 7.18. The zero-order chi connectivity index (χ0) is 14.7. The Labute approximate surface area is 130 Å². The Kier molecular flexibility index (Phi) is 4.21. The van der Waals surface area contributed by atoms with E-state index in [9.17, 15) is 4.79 Å². The van der Waals surface area contributed by atoms with Crippen molar-refractivity contribution >= 4 is 39.0 Å². The van der Waals surface area contributed by atoms with Crippen LogP contribution in [0.4, 0.5) is 0 Å². The molecule has 0 unspecified atom stereocenters. The summed E-state index contributed by atoms with van der Waals surface area (Å²) in [5.41, 5.74) is 1.78. The normalized spacial score (nSPS) is 10.9. The van der Waals surface area contributed by atoms with E-state index in [1.165, 1.54) is 4.70 Å². The molecule has 1 aromatic carbocycles. The third-order valence-corrected chi connectivity index (χ3v) is 4.92. The molecule has 2 aromatic heterocycles. The number of fused-ring (bicyclic) bond motifs is 1. The van der Waals surface area contributed by atoms with Crippen LogP contribution in [-0.2, 0) is 12.8 Å². The summed E-state index contributed by atoms with van der Waals surface area (Å²) in [6.07, 6.45) is 1.45. The van der Waals surface area contributed by atoms with Crippen molar-refractivity contribution in [2.75, 3.05) is 6.54 Å². The minimum atomic E-state index is -0.0945. The van der Waals surface area contributed by atoms with Gasteiger partial charge in [0.1, 0.15) is 4.88 Å². The van der Waals surface area contributed by atoms with Crippen molar-refractivity contribution in [3.63, 3.8) is 0 Å². The van der Waals surface area contributed by atoms with Crippen molar-refractivity contribution in [1.82, 2.24) is 19.9 Å². The molecule has 0 saturated carbocycles. The van der Waals surface area contributed by atoms with E-state index in [4.69, 9.17) is 0 Å². The van der Waals surface area contributed by atoms with Crippen LogP contribution in [0, 0.1) is 0 Å². The summed E-state index contributed by atoms with van der Waals surface area (Å²) >= 11 is 2.82. The number of carbonyl (C=O) groups excluding carboxylic acids is 1. The molecule has 1 amide bonds. The quantitative estimate of drug-likeness (QED) is 0.785. The van der Waals surface area contributed by atoms with Gasteiger partial charge < -0.3 is 5.32 Å². The van der Waals surface area contributed by atoms with E-state index >= 15 is 0 Å². The lowest BCUT2D eigenvalue weighted by atomic mass is 10.3. The zero-order valence-electron chi connectivity index (χ0n) is 11.5. The molecule has 0 fully saturated rings. The second-order valence-corrected chi connectivity index (χ2v) is 6.35. The molecule has 0 saturated heterocycles. The molecule has 0 spiro atoms. The van der Waals surface area contributed by atoms with Gasteiger partial charge in [-0.15, -0.1) is 16.4 Å². The van der Waals surface area contributed by atoms with Gasteiger partial charge in [-0.25, -0.2) is 4.98 Å². The number of carbonyl (C=O) groups is 1. The van der Waals surface area contributed by atoms with Crippen molar-refractivity contribution < 1.29 is 4.79 Å². The number of amides is 1. The third-order valence-electron chi connectivity index (χ3n) is 3.06. The highest BCUT2D eigenvalue weighted by Gasteiger charge is 2.14. The maximum absolute atomic E-state index is 12.1. The van der Waals surface area contributed by atoms with Crippen LogP contribution in [0.2, 0.25) is 0 Å². The number of hydrogen-bond acceptors (Lipinski definition) is 6. The Morgan fingerprint density at radius 1 is 1.33 bits per heavy atom. The minimum Gasteiger partial charge on any atom is -0.351 e. The number of aromatic nitrogens is 3. The average molecular weight is 318 g/mol. The Morgan fingerprint density at radius 2 is 2.19 bits per heavy atom. The summed E-state index contributed by atoms with van der Waals surface area (Å²) < 4.78 is 5.01. The highest BCUT2D eigenvalue weighted by Crippen LogP contribution is 2.21. The monoisotopic (exact) mass is 318 g/mol. The minimum absolute atomic E-state index is 0.0945. The van der Waals surface area contributed by atoms with E-state index in [-0.39, 0.29) is 5.91 Å². The van der Waals surface area contributed by atoms with Crippen LogP contribution in [0.5, 0.6) is 0 Å². The Bertz CT molecular complexity index is 732. The van der Waals surface area contributed by atoms with Crippen LogP contribution in [-0.4, -0.2) is 27.0 Å². The lowest BCUT2D eigenvalue weighted by molar-refractivity contribution is 0.0957. The Balaban J connectivity index is 1.59. The first kappa shape index (κ1) is 14.1. The van der Waals surface area contributed by atoms with Crippen molar-refractivity contribution in [1.29, 1.82) is 0 Å².